The molecule has 2 N–H and O–H groups in total. The van der Waals surface area contributed by atoms with Gasteiger partial charge in [0.15, 0.2) is 0 Å². The van der Waals surface area contributed by atoms with Gasteiger partial charge in [-0.3, -0.25) is 4.79 Å². The summed E-state index contributed by atoms with van der Waals surface area (Å²) < 4.78 is 0. The quantitative estimate of drug-likeness (QED) is 0.791. The molecular formula is C14H23N3O4. The van der Waals surface area contributed by atoms with Gasteiger partial charge in [-0.15, -0.1) is 0 Å². The highest BCUT2D eigenvalue weighted by Crippen LogP contribution is 2.23. The van der Waals surface area contributed by atoms with E-state index in [0.717, 1.165) is 6.42 Å². The molecule has 21 heavy (non-hydrogen) atoms. The minimum absolute atomic E-state index is 0.0869. The van der Waals surface area contributed by atoms with E-state index in [2.05, 4.69) is 5.32 Å². The molecule has 7 heteroatoms. The number of carbonyl (C=O) groups is 3. The lowest BCUT2D eigenvalue weighted by molar-refractivity contribution is -0.140. The van der Waals surface area contributed by atoms with Crippen LogP contribution in [0.1, 0.15) is 33.1 Å². The van der Waals surface area contributed by atoms with E-state index in [-0.39, 0.29) is 23.9 Å². The number of hydrogen-bond donors (Lipinski definition) is 2. The Kier molecular flexibility index (Phi) is 4.69. The zero-order valence-corrected chi connectivity index (χ0v) is 12.5. The number of fused-ring (bicyclic) bond motifs is 1. The molecule has 0 radical (unpaired) electrons. The van der Waals surface area contributed by atoms with E-state index in [9.17, 15) is 19.5 Å². The molecule has 3 atom stereocenters. The Morgan fingerprint density at radius 1 is 1.43 bits per heavy atom. The third-order valence-corrected chi connectivity index (χ3v) is 4.54. The molecule has 0 aliphatic carbocycles. The first kappa shape index (κ1) is 15.6. The van der Waals surface area contributed by atoms with Crippen molar-refractivity contribution >= 4 is 17.9 Å². The number of piperazine rings is 1. The third kappa shape index (κ3) is 3.28. The standard InChI is InChI=1S/C14H23N3O4/c1-3-9(2)12(13(19)20)15-14(21)16-6-7-17-10(8-16)4-5-11(17)18/h9-10,12H,3-8H2,1-2H3,(H,15,21)(H,19,20). The number of aliphatic carboxylic acids is 1. The van der Waals surface area contributed by atoms with Gasteiger partial charge in [0.2, 0.25) is 5.91 Å². The van der Waals surface area contributed by atoms with Crippen molar-refractivity contribution in [2.24, 2.45) is 5.92 Å². The van der Waals surface area contributed by atoms with Crippen LogP contribution in [0.15, 0.2) is 0 Å². The minimum atomic E-state index is -1.01. The highest BCUT2D eigenvalue weighted by molar-refractivity contribution is 5.83. The van der Waals surface area contributed by atoms with Gasteiger partial charge in [0, 0.05) is 32.1 Å². The molecular weight excluding hydrogens is 274 g/mol. The Bertz CT molecular complexity index is 440. The SMILES string of the molecule is CCC(C)C(NC(=O)N1CCN2C(=O)CCC2C1)C(=O)O. The highest BCUT2D eigenvalue weighted by atomic mass is 16.4. The predicted octanol–water partition coefficient (Wildman–Crippen LogP) is 0.502. The number of nitrogens with one attached hydrogen (secondary N) is 1. The van der Waals surface area contributed by atoms with Crippen LogP contribution in [-0.4, -0.2) is 64.5 Å². The van der Waals surface area contributed by atoms with Crippen LogP contribution < -0.4 is 5.32 Å². The van der Waals surface area contributed by atoms with E-state index < -0.39 is 12.0 Å². The van der Waals surface area contributed by atoms with Gasteiger partial charge < -0.3 is 20.2 Å². The molecule has 0 bridgehead atoms. The van der Waals surface area contributed by atoms with Gasteiger partial charge in [-0.2, -0.15) is 0 Å². The van der Waals surface area contributed by atoms with Crippen LogP contribution in [0.5, 0.6) is 0 Å². The van der Waals surface area contributed by atoms with E-state index in [1.165, 1.54) is 0 Å². The van der Waals surface area contributed by atoms with Crippen LogP contribution in [0.25, 0.3) is 0 Å². The van der Waals surface area contributed by atoms with Crippen molar-refractivity contribution in [2.45, 2.75) is 45.2 Å². The molecule has 0 spiro atoms. The number of carboxylic acid groups (broad SMARTS) is 1. The van der Waals surface area contributed by atoms with Crippen LogP contribution in [0.2, 0.25) is 0 Å². The second-order valence-corrected chi connectivity index (χ2v) is 5.88. The molecule has 0 aromatic rings. The van der Waals surface area contributed by atoms with Crippen molar-refractivity contribution in [1.82, 2.24) is 15.1 Å². The van der Waals surface area contributed by atoms with Crippen molar-refractivity contribution in [3.8, 4) is 0 Å². The molecule has 0 aromatic carbocycles. The fourth-order valence-corrected chi connectivity index (χ4v) is 2.96. The lowest BCUT2D eigenvalue weighted by atomic mass is 9.99. The summed E-state index contributed by atoms with van der Waals surface area (Å²) in [5.74, 6) is -0.976. The topological polar surface area (TPSA) is 90.0 Å². The summed E-state index contributed by atoms with van der Waals surface area (Å²) >= 11 is 0. The molecule has 3 amide bonds. The van der Waals surface area contributed by atoms with Gasteiger partial charge in [-0.25, -0.2) is 9.59 Å². The average molecular weight is 297 g/mol. The number of nitrogens with zero attached hydrogens (tertiary/aromatic N) is 2. The van der Waals surface area contributed by atoms with Gasteiger partial charge >= 0.3 is 12.0 Å². The van der Waals surface area contributed by atoms with Gasteiger partial charge in [0.1, 0.15) is 6.04 Å². The van der Waals surface area contributed by atoms with Gasteiger partial charge in [-0.1, -0.05) is 20.3 Å². The van der Waals surface area contributed by atoms with Crippen LogP contribution in [0.4, 0.5) is 4.79 Å². The van der Waals surface area contributed by atoms with Crippen LogP contribution in [0, 0.1) is 5.92 Å². The predicted molar refractivity (Wildman–Crippen MR) is 75.7 cm³/mol. The first-order chi connectivity index (χ1) is 9.93. The molecule has 3 unspecified atom stereocenters. The largest absolute Gasteiger partial charge is 0.480 e. The molecule has 0 saturated carbocycles. The van der Waals surface area contributed by atoms with Crippen LogP contribution >= 0.6 is 0 Å². The smallest absolute Gasteiger partial charge is 0.326 e. The fourth-order valence-electron chi connectivity index (χ4n) is 2.96. The molecule has 2 fully saturated rings. The lowest BCUT2D eigenvalue weighted by Gasteiger charge is -2.38. The second kappa shape index (κ2) is 6.32. The maximum atomic E-state index is 12.3. The summed E-state index contributed by atoms with van der Waals surface area (Å²) in [6.45, 7) is 5.20. The number of rotatable bonds is 4. The Labute approximate surface area is 124 Å². The number of amides is 3. The van der Waals surface area contributed by atoms with Crippen molar-refractivity contribution < 1.29 is 19.5 Å². The van der Waals surface area contributed by atoms with Crippen molar-refractivity contribution in [2.75, 3.05) is 19.6 Å². The van der Waals surface area contributed by atoms with E-state index in [1.54, 1.807) is 4.90 Å². The molecule has 0 aromatic heterocycles. The molecule has 2 aliphatic heterocycles. The summed E-state index contributed by atoms with van der Waals surface area (Å²) in [4.78, 5) is 38.6. The highest BCUT2D eigenvalue weighted by Gasteiger charge is 2.37. The maximum Gasteiger partial charge on any atom is 0.326 e. The van der Waals surface area contributed by atoms with Crippen molar-refractivity contribution in [3.63, 3.8) is 0 Å². The Hall–Kier alpha value is -1.79. The average Bonchev–Trinajstić information content (AvgIpc) is 2.84. The Balaban J connectivity index is 1.94. The fraction of sp³-hybridized carbons (Fsp3) is 0.786. The van der Waals surface area contributed by atoms with E-state index in [4.69, 9.17) is 0 Å². The van der Waals surface area contributed by atoms with E-state index in [1.807, 2.05) is 18.7 Å². The molecule has 2 saturated heterocycles. The second-order valence-electron chi connectivity index (χ2n) is 5.88. The van der Waals surface area contributed by atoms with Crippen LogP contribution in [0.3, 0.4) is 0 Å². The minimum Gasteiger partial charge on any atom is -0.480 e. The summed E-state index contributed by atoms with van der Waals surface area (Å²) in [6.07, 6.45) is 2.00. The normalized spacial score (nSPS) is 24.5. The number of carbonyl (C=O) groups excluding carboxylic acids is 2. The zero-order chi connectivity index (χ0) is 15.6. The number of carboxylic acids is 1. The Morgan fingerprint density at radius 2 is 2.14 bits per heavy atom. The lowest BCUT2D eigenvalue weighted by Crippen LogP contribution is -2.58. The van der Waals surface area contributed by atoms with Crippen LogP contribution in [-0.2, 0) is 9.59 Å². The van der Waals surface area contributed by atoms with E-state index >= 15 is 0 Å². The third-order valence-electron chi connectivity index (χ3n) is 4.54. The monoisotopic (exact) mass is 297 g/mol. The summed E-state index contributed by atoms with van der Waals surface area (Å²) in [5.41, 5.74) is 0. The molecule has 118 valence electrons. The first-order valence-corrected chi connectivity index (χ1v) is 7.51. The van der Waals surface area contributed by atoms with Gasteiger partial charge in [0.05, 0.1) is 0 Å². The maximum absolute atomic E-state index is 12.3. The molecule has 2 aliphatic rings. The molecule has 7 nitrogen and oxygen atoms in total. The summed E-state index contributed by atoms with van der Waals surface area (Å²) in [5, 5.41) is 11.8. The zero-order valence-electron chi connectivity index (χ0n) is 12.5. The number of hydrogen-bond acceptors (Lipinski definition) is 3. The number of urea groups is 1. The van der Waals surface area contributed by atoms with Gasteiger partial charge in [-0.05, 0) is 12.3 Å². The van der Waals surface area contributed by atoms with Gasteiger partial charge in [0.25, 0.3) is 0 Å². The first-order valence-electron chi connectivity index (χ1n) is 7.51. The molecule has 2 rings (SSSR count). The van der Waals surface area contributed by atoms with E-state index in [0.29, 0.717) is 32.5 Å². The summed E-state index contributed by atoms with van der Waals surface area (Å²) in [6, 6.07) is -1.13. The molecule has 2 heterocycles. The van der Waals surface area contributed by atoms with Crippen molar-refractivity contribution in [1.29, 1.82) is 0 Å². The summed E-state index contributed by atoms with van der Waals surface area (Å²) in [7, 11) is 0. The van der Waals surface area contributed by atoms with Crippen molar-refractivity contribution in [3.05, 3.63) is 0 Å². The Morgan fingerprint density at radius 3 is 2.76 bits per heavy atom.